The van der Waals surface area contributed by atoms with Crippen LogP contribution in [0.1, 0.15) is 22.4 Å². The number of nitrogens with zero attached hydrogens (tertiary/aromatic N) is 2. The lowest BCUT2D eigenvalue weighted by molar-refractivity contribution is -0.386. The molecule has 0 fully saturated rings. The SMILES string of the molecule is Cc1cnc(CNCc2ccccc2Cl)c(C)c1[N+](=O)[O-]. The van der Waals surface area contributed by atoms with Gasteiger partial charge in [-0.15, -0.1) is 0 Å². The van der Waals surface area contributed by atoms with Gasteiger partial charge in [-0.3, -0.25) is 15.1 Å². The predicted molar refractivity (Wildman–Crippen MR) is 82.4 cm³/mol. The molecule has 2 rings (SSSR count). The van der Waals surface area contributed by atoms with Gasteiger partial charge in [0.05, 0.1) is 10.6 Å². The molecule has 110 valence electrons. The van der Waals surface area contributed by atoms with Crippen molar-refractivity contribution in [3.05, 3.63) is 68.0 Å². The number of pyridine rings is 1. The zero-order valence-electron chi connectivity index (χ0n) is 11.9. The maximum atomic E-state index is 11.1. The molecule has 0 aliphatic heterocycles. The van der Waals surface area contributed by atoms with Gasteiger partial charge in [-0.25, -0.2) is 0 Å². The summed E-state index contributed by atoms with van der Waals surface area (Å²) >= 11 is 6.08. The summed E-state index contributed by atoms with van der Waals surface area (Å²) in [5.41, 5.74) is 2.98. The van der Waals surface area contributed by atoms with Gasteiger partial charge < -0.3 is 5.32 Å². The summed E-state index contributed by atoms with van der Waals surface area (Å²) < 4.78 is 0. The standard InChI is InChI=1S/C15H16ClN3O2/c1-10-7-18-14(11(2)15(10)19(20)21)9-17-8-12-5-3-4-6-13(12)16/h3-7,17H,8-9H2,1-2H3. The van der Waals surface area contributed by atoms with Crippen LogP contribution in [0.2, 0.25) is 5.02 Å². The van der Waals surface area contributed by atoms with E-state index in [-0.39, 0.29) is 10.6 Å². The fourth-order valence-electron chi connectivity index (χ4n) is 2.18. The Morgan fingerprint density at radius 1 is 1.29 bits per heavy atom. The number of hydrogen-bond acceptors (Lipinski definition) is 4. The van der Waals surface area contributed by atoms with E-state index in [1.54, 1.807) is 13.8 Å². The Hall–Kier alpha value is -1.98. The van der Waals surface area contributed by atoms with E-state index in [0.717, 1.165) is 5.56 Å². The highest BCUT2D eigenvalue weighted by Crippen LogP contribution is 2.24. The van der Waals surface area contributed by atoms with Crippen molar-refractivity contribution in [1.82, 2.24) is 10.3 Å². The number of rotatable bonds is 5. The number of halogens is 1. The molecule has 1 aromatic carbocycles. The van der Waals surface area contributed by atoms with Crippen LogP contribution in [0.5, 0.6) is 0 Å². The second-order valence-corrected chi connectivity index (χ2v) is 5.22. The molecule has 0 unspecified atom stereocenters. The predicted octanol–water partition coefficient (Wildman–Crippen LogP) is 3.55. The van der Waals surface area contributed by atoms with Crippen molar-refractivity contribution in [2.45, 2.75) is 26.9 Å². The van der Waals surface area contributed by atoms with E-state index in [9.17, 15) is 10.1 Å². The molecule has 6 heteroatoms. The van der Waals surface area contributed by atoms with Gasteiger partial charge in [-0.2, -0.15) is 0 Å². The van der Waals surface area contributed by atoms with Gasteiger partial charge in [-0.1, -0.05) is 29.8 Å². The van der Waals surface area contributed by atoms with Crippen LogP contribution in [-0.2, 0) is 13.1 Å². The van der Waals surface area contributed by atoms with Crippen LogP contribution in [-0.4, -0.2) is 9.91 Å². The minimum absolute atomic E-state index is 0.138. The first-order chi connectivity index (χ1) is 10.0. The third-order valence-corrected chi connectivity index (χ3v) is 3.69. The minimum Gasteiger partial charge on any atom is -0.307 e. The highest BCUT2D eigenvalue weighted by Gasteiger charge is 2.18. The van der Waals surface area contributed by atoms with Gasteiger partial charge in [0, 0.05) is 35.4 Å². The Morgan fingerprint density at radius 3 is 2.67 bits per heavy atom. The van der Waals surface area contributed by atoms with Crippen molar-refractivity contribution in [2.24, 2.45) is 0 Å². The van der Waals surface area contributed by atoms with Crippen molar-refractivity contribution in [3.8, 4) is 0 Å². The van der Waals surface area contributed by atoms with Crippen molar-refractivity contribution < 1.29 is 4.92 Å². The molecule has 0 radical (unpaired) electrons. The number of nitro groups is 1. The summed E-state index contributed by atoms with van der Waals surface area (Å²) in [6, 6.07) is 7.57. The van der Waals surface area contributed by atoms with E-state index in [1.165, 1.54) is 6.20 Å². The van der Waals surface area contributed by atoms with Gasteiger partial charge in [0.15, 0.2) is 0 Å². The maximum Gasteiger partial charge on any atom is 0.278 e. The third kappa shape index (κ3) is 3.56. The molecule has 0 atom stereocenters. The van der Waals surface area contributed by atoms with E-state index in [2.05, 4.69) is 10.3 Å². The van der Waals surface area contributed by atoms with E-state index < -0.39 is 0 Å². The molecule has 0 amide bonds. The molecular formula is C15H16ClN3O2. The third-order valence-electron chi connectivity index (χ3n) is 3.32. The van der Waals surface area contributed by atoms with Crippen LogP contribution in [0.15, 0.2) is 30.5 Å². The lowest BCUT2D eigenvalue weighted by atomic mass is 10.1. The highest BCUT2D eigenvalue weighted by atomic mass is 35.5. The molecule has 1 N–H and O–H groups in total. The first-order valence-electron chi connectivity index (χ1n) is 6.54. The number of aryl methyl sites for hydroxylation is 1. The summed E-state index contributed by atoms with van der Waals surface area (Å²) in [5, 5.41) is 15.0. The molecule has 5 nitrogen and oxygen atoms in total. The van der Waals surface area contributed by atoms with Gasteiger partial charge in [0.2, 0.25) is 0 Å². The van der Waals surface area contributed by atoms with Gasteiger partial charge >= 0.3 is 0 Å². The molecule has 0 bridgehead atoms. The van der Waals surface area contributed by atoms with Gasteiger partial charge in [0.25, 0.3) is 5.69 Å². The number of nitrogens with one attached hydrogen (secondary N) is 1. The average Bonchev–Trinajstić information content (AvgIpc) is 2.43. The van der Waals surface area contributed by atoms with E-state index in [1.807, 2.05) is 24.3 Å². The zero-order chi connectivity index (χ0) is 15.4. The molecule has 1 heterocycles. The van der Waals surface area contributed by atoms with Crippen molar-refractivity contribution in [2.75, 3.05) is 0 Å². The van der Waals surface area contributed by atoms with Gasteiger partial charge in [-0.05, 0) is 25.5 Å². The monoisotopic (exact) mass is 305 g/mol. The van der Waals surface area contributed by atoms with E-state index in [0.29, 0.717) is 34.9 Å². The smallest absolute Gasteiger partial charge is 0.278 e. The topological polar surface area (TPSA) is 68.1 Å². The van der Waals surface area contributed by atoms with E-state index in [4.69, 9.17) is 11.6 Å². The molecule has 21 heavy (non-hydrogen) atoms. The Labute approximate surface area is 128 Å². The summed E-state index contributed by atoms with van der Waals surface area (Å²) in [4.78, 5) is 15.0. The second kappa shape index (κ2) is 6.65. The normalized spacial score (nSPS) is 10.6. The largest absolute Gasteiger partial charge is 0.307 e. The van der Waals surface area contributed by atoms with Crippen molar-refractivity contribution in [3.63, 3.8) is 0 Å². The van der Waals surface area contributed by atoms with Gasteiger partial charge in [0.1, 0.15) is 0 Å². The molecule has 1 aromatic heterocycles. The molecule has 2 aromatic rings. The van der Waals surface area contributed by atoms with Crippen LogP contribution in [0.25, 0.3) is 0 Å². The Balaban J connectivity index is 2.09. The van der Waals surface area contributed by atoms with Crippen molar-refractivity contribution in [1.29, 1.82) is 0 Å². The quantitative estimate of drug-likeness (QED) is 0.677. The summed E-state index contributed by atoms with van der Waals surface area (Å²) in [6.45, 7) is 4.46. The summed E-state index contributed by atoms with van der Waals surface area (Å²) in [7, 11) is 0. The van der Waals surface area contributed by atoms with Crippen molar-refractivity contribution >= 4 is 17.3 Å². The fraction of sp³-hybridized carbons (Fsp3) is 0.267. The molecular weight excluding hydrogens is 290 g/mol. The number of benzene rings is 1. The number of hydrogen-bond donors (Lipinski definition) is 1. The Bertz CT molecular complexity index is 674. The first kappa shape index (κ1) is 15.4. The molecule has 0 aliphatic carbocycles. The summed E-state index contributed by atoms with van der Waals surface area (Å²) in [6.07, 6.45) is 1.54. The minimum atomic E-state index is -0.357. The average molecular weight is 306 g/mol. The van der Waals surface area contributed by atoms with E-state index >= 15 is 0 Å². The van der Waals surface area contributed by atoms with Crippen LogP contribution < -0.4 is 5.32 Å². The second-order valence-electron chi connectivity index (χ2n) is 4.81. The number of aromatic nitrogens is 1. The zero-order valence-corrected chi connectivity index (χ0v) is 12.6. The Morgan fingerprint density at radius 2 is 2.00 bits per heavy atom. The maximum absolute atomic E-state index is 11.1. The molecule has 0 saturated heterocycles. The van der Waals surface area contributed by atoms with Crippen LogP contribution in [0.3, 0.4) is 0 Å². The Kier molecular flexibility index (Phi) is 4.88. The lowest BCUT2D eigenvalue weighted by Gasteiger charge is -2.09. The van der Waals surface area contributed by atoms with Crippen LogP contribution in [0.4, 0.5) is 5.69 Å². The molecule has 0 spiro atoms. The van der Waals surface area contributed by atoms with Crippen LogP contribution >= 0.6 is 11.6 Å². The van der Waals surface area contributed by atoms with Crippen LogP contribution in [0, 0.1) is 24.0 Å². The molecule has 0 aliphatic rings. The summed E-state index contributed by atoms with van der Waals surface area (Å²) in [5.74, 6) is 0. The molecule has 0 saturated carbocycles. The first-order valence-corrected chi connectivity index (χ1v) is 6.92. The fourth-order valence-corrected chi connectivity index (χ4v) is 2.38. The lowest BCUT2D eigenvalue weighted by Crippen LogP contribution is -2.15. The highest BCUT2D eigenvalue weighted by molar-refractivity contribution is 6.31.